The zero-order chi connectivity index (χ0) is 26.7. The van der Waals surface area contributed by atoms with Crippen LogP contribution < -0.4 is 0 Å². The SMILES string of the molecule is CN(CCCN(C[C@@H]1CC[C@H](n2cc(Br)c3cncnc32)C1)C(=O)OC(C)(C)C)C(=O)OC(C)(C)C. The van der Waals surface area contributed by atoms with E-state index in [1.165, 1.54) is 0 Å². The number of nitrogens with zero attached hydrogens (tertiary/aromatic N) is 5. The van der Waals surface area contributed by atoms with Crippen molar-refractivity contribution in [2.75, 3.05) is 26.7 Å². The predicted octanol–water partition coefficient (Wildman–Crippen LogP) is 6.03. The molecule has 1 aliphatic rings. The molecule has 2 amide bonds. The lowest BCUT2D eigenvalue weighted by Crippen LogP contribution is -2.41. The molecule has 0 N–H and O–H groups in total. The second-order valence-electron chi connectivity index (χ2n) is 11.7. The van der Waals surface area contributed by atoms with Crippen molar-refractivity contribution in [2.45, 2.75) is 84.5 Å². The Bertz CT molecular complexity index is 1060. The summed E-state index contributed by atoms with van der Waals surface area (Å²) in [4.78, 5) is 37.3. The molecule has 9 nitrogen and oxygen atoms in total. The number of amides is 2. The first kappa shape index (κ1) is 28.2. The fourth-order valence-corrected chi connectivity index (χ4v) is 5.02. The van der Waals surface area contributed by atoms with Crippen molar-refractivity contribution in [3.05, 3.63) is 23.2 Å². The van der Waals surface area contributed by atoms with Gasteiger partial charge >= 0.3 is 12.2 Å². The van der Waals surface area contributed by atoms with E-state index in [0.29, 0.717) is 38.0 Å². The van der Waals surface area contributed by atoms with Crippen LogP contribution in [-0.4, -0.2) is 74.4 Å². The molecule has 0 aromatic carbocycles. The van der Waals surface area contributed by atoms with Crippen LogP contribution in [0.5, 0.6) is 0 Å². The van der Waals surface area contributed by atoms with Crippen LogP contribution in [0, 0.1) is 5.92 Å². The molecule has 0 saturated heterocycles. The number of halogens is 1. The number of carbonyl (C=O) groups is 2. The van der Waals surface area contributed by atoms with Crippen molar-refractivity contribution in [1.82, 2.24) is 24.3 Å². The van der Waals surface area contributed by atoms with Crippen molar-refractivity contribution in [3.63, 3.8) is 0 Å². The van der Waals surface area contributed by atoms with Gasteiger partial charge in [-0.15, -0.1) is 0 Å². The van der Waals surface area contributed by atoms with E-state index in [1.807, 2.05) is 47.7 Å². The van der Waals surface area contributed by atoms with Crippen molar-refractivity contribution >= 4 is 39.1 Å². The van der Waals surface area contributed by atoms with Crippen LogP contribution in [-0.2, 0) is 9.47 Å². The quantitative estimate of drug-likeness (QED) is 0.407. The maximum absolute atomic E-state index is 13.0. The van der Waals surface area contributed by atoms with Gasteiger partial charge in [0.25, 0.3) is 0 Å². The second kappa shape index (κ2) is 11.4. The highest BCUT2D eigenvalue weighted by molar-refractivity contribution is 9.10. The monoisotopic (exact) mass is 565 g/mol. The molecule has 200 valence electrons. The third-order valence-corrected chi connectivity index (χ3v) is 6.74. The normalized spacial score (nSPS) is 18.3. The van der Waals surface area contributed by atoms with Gasteiger partial charge in [-0.3, -0.25) is 0 Å². The van der Waals surface area contributed by atoms with E-state index in [9.17, 15) is 9.59 Å². The van der Waals surface area contributed by atoms with E-state index in [-0.39, 0.29) is 12.2 Å². The summed E-state index contributed by atoms with van der Waals surface area (Å²) in [6.45, 7) is 12.8. The molecule has 1 saturated carbocycles. The van der Waals surface area contributed by atoms with Crippen molar-refractivity contribution in [1.29, 1.82) is 0 Å². The third-order valence-electron chi connectivity index (χ3n) is 6.11. The molecule has 2 heterocycles. The van der Waals surface area contributed by atoms with Gasteiger partial charge in [0, 0.05) is 49.6 Å². The number of fused-ring (bicyclic) bond motifs is 1. The summed E-state index contributed by atoms with van der Waals surface area (Å²) in [5, 5.41) is 1.01. The highest BCUT2D eigenvalue weighted by Gasteiger charge is 2.31. The minimum atomic E-state index is -0.573. The van der Waals surface area contributed by atoms with Crippen LogP contribution >= 0.6 is 15.9 Å². The lowest BCUT2D eigenvalue weighted by atomic mass is 10.1. The Hall–Kier alpha value is -2.36. The lowest BCUT2D eigenvalue weighted by Gasteiger charge is -2.30. The second-order valence-corrected chi connectivity index (χ2v) is 12.5. The molecule has 0 aliphatic heterocycles. The highest BCUT2D eigenvalue weighted by atomic mass is 79.9. The first-order valence-electron chi connectivity index (χ1n) is 12.6. The van der Waals surface area contributed by atoms with Crippen molar-refractivity contribution in [2.24, 2.45) is 5.92 Å². The predicted molar refractivity (Wildman–Crippen MR) is 143 cm³/mol. The van der Waals surface area contributed by atoms with E-state index >= 15 is 0 Å². The maximum atomic E-state index is 13.0. The Kier molecular flexibility index (Phi) is 8.90. The first-order valence-corrected chi connectivity index (χ1v) is 13.4. The molecule has 1 fully saturated rings. The summed E-state index contributed by atoms with van der Waals surface area (Å²) >= 11 is 3.63. The van der Waals surface area contributed by atoms with Gasteiger partial charge in [0.15, 0.2) is 0 Å². The minimum Gasteiger partial charge on any atom is -0.444 e. The van der Waals surface area contributed by atoms with E-state index in [4.69, 9.17) is 9.47 Å². The van der Waals surface area contributed by atoms with Gasteiger partial charge in [0.05, 0.1) is 5.39 Å². The molecule has 0 spiro atoms. The van der Waals surface area contributed by atoms with Gasteiger partial charge in [-0.1, -0.05) is 0 Å². The molecule has 2 atom stereocenters. The Morgan fingerprint density at radius 3 is 2.42 bits per heavy atom. The minimum absolute atomic E-state index is 0.312. The van der Waals surface area contributed by atoms with Crippen LogP contribution in [0.15, 0.2) is 23.2 Å². The van der Waals surface area contributed by atoms with E-state index in [2.05, 4.69) is 36.7 Å². The summed E-state index contributed by atoms with van der Waals surface area (Å²) in [5.74, 6) is 0.351. The van der Waals surface area contributed by atoms with Gasteiger partial charge in [0.2, 0.25) is 0 Å². The zero-order valence-corrected chi connectivity index (χ0v) is 24.2. The van der Waals surface area contributed by atoms with Crippen LogP contribution in [0.2, 0.25) is 0 Å². The summed E-state index contributed by atoms with van der Waals surface area (Å²) in [7, 11) is 1.72. The highest BCUT2D eigenvalue weighted by Crippen LogP contribution is 2.38. The number of aromatic nitrogens is 3. The summed E-state index contributed by atoms with van der Waals surface area (Å²) in [6, 6.07) is 0.317. The van der Waals surface area contributed by atoms with Crippen molar-refractivity contribution in [3.8, 4) is 0 Å². The molecular formula is C26H40BrN5O4. The lowest BCUT2D eigenvalue weighted by molar-refractivity contribution is 0.0200. The Balaban J connectivity index is 1.62. The largest absolute Gasteiger partial charge is 0.444 e. The van der Waals surface area contributed by atoms with Crippen LogP contribution in [0.1, 0.15) is 73.3 Å². The molecule has 36 heavy (non-hydrogen) atoms. The van der Waals surface area contributed by atoms with Gasteiger partial charge in [0.1, 0.15) is 23.2 Å². The van der Waals surface area contributed by atoms with Crippen LogP contribution in [0.25, 0.3) is 11.0 Å². The summed E-state index contributed by atoms with van der Waals surface area (Å²) in [6.07, 6.45) is 8.45. The fourth-order valence-electron chi connectivity index (χ4n) is 4.52. The molecule has 3 rings (SSSR count). The number of carbonyl (C=O) groups excluding carboxylic acids is 2. The molecule has 1 aliphatic carbocycles. The van der Waals surface area contributed by atoms with E-state index < -0.39 is 11.2 Å². The molecule has 10 heteroatoms. The van der Waals surface area contributed by atoms with Crippen LogP contribution in [0.4, 0.5) is 9.59 Å². The average molecular weight is 567 g/mol. The standard InChI is InChI=1S/C26H40BrN5O4/c1-25(2,3)35-23(33)30(7)11-8-12-31(24(34)36-26(4,5)6)15-18-9-10-19(13-18)32-16-21(27)20-14-28-17-29-22(20)32/h14,16-19H,8-13,15H2,1-7H3/t18-,19+/m1/s1. The van der Waals surface area contributed by atoms with E-state index in [0.717, 1.165) is 34.8 Å². The molecule has 0 unspecified atom stereocenters. The van der Waals surface area contributed by atoms with E-state index in [1.54, 1.807) is 23.2 Å². The third kappa shape index (κ3) is 7.82. The van der Waals surface area contributed by atoms with Gasteiger partial charge < -0.3 is 23.8 Å². The Morgan fingerprint density at radius 2 is 1.75 bits per heavy atom. The zero-order valence-electron chi connectivity index (χ0n) is 22.6. The Morgan fingerprint density at radius 1 is 1.08 bits per heavy atom. The summed E-state index contributed by atoms with van der Waals surface area (Å²) < 4.78 is 14.4. The molecule has 2 aromatic rings. The number of hydrogen-bond acceptors (Lipinski definition) is 6. The first-order chi connectivity index (χ1) is 16.7. The molecule has 0 radical (unpaired) electrons. The van der Waals surface area contributed by atoms with Gasteiger partial charge in [-0.25, -0.2) is 19.6 Å². The van der Waals surface area contributed by atoms with Gasteiger partial charge in [-0.05, 0) is 89.1 Å². The summed E-state index contributed by atoms with van der Waals surface area (Å²) in [5.41, 5.74) is -0.187. The van der Waals surface area contributed by atoms with Crippen LogP contribution in [0.3, 0.4) is 0 Å². The molecule has 0 bridgehead atoms. The number of rotatable bonds is 7. The smallest absolute Gasteiger partial charge is 0.410 e. The van der Waals surface area contributed by atoms with Crippen molar-refractivity contribution < 1.29 is 19.1 Å². The average Bonchev–Trinajstić information content (AvgIpc) is 3.35. The molecule has 2 aromatic heterocycles. The van der Waals surface area contributed by atoms with Gasteiger partial charge in [-0.2, -0.15) is 0 Å². The number of ether oxygens (including phenoxy) is 2. The number of hydrogen-bond donors (Lipinski definition) is 0. The fraction of sp³-hybridized carbons (Fsp3) is 0.692. The maximum Gasteiger partial charge on any atom is 0.410 e. The molecular weight excluding hydrogens is 526 g/mol. The topological polar surface area (TPSA) is 89.8 Å². The Labute approximate surface area is 222 Å².